The van der Waals surface area contributed by atoms with Crippen LogP contribution in [0.25, 0.3) is 0 Å². The second-order valence-electron chi connectivity index (χ2n) is 2.81. The third-order valence-corrected chi connectivity index (χ3v) is 1.67. The Labute approximate surface area is 76.1 Å². The minimum Gasteiger partial charge on any atom is -0.481 e. The normalized spacial score (nSPS) is 17.2. The molecular weight excluding hydrogens is 174 g/mol. The van der Waals surface area contributed by atoms with Crippen LogP contribution in [0.2, 0.25) is 0 Å². The third-order valence-electron chi connectivity index (χ3n) is 1.67. The summed E-state index contributed by atoms with van der Waals surface area (Å²) in [6.07, 6.45) is 1.76. The Balaban J connectivity index is 1.89. The third kappa shape index (κ3) is 4.41. The zero-order chi connectivity index (χ0) is 9.52. The second-order valence-corrected chi connectivity index (χ2v) is 2.81. The number of aliphatic carboxylic acids is 1. The zero-order valence-corrected chi connectivity index (χ0v) is 7.35. The maximum atomic E-state index is 10.1. The van der Waals surface area contributed by atoms with Gasteiger partial charge < -0.3 is 5.11 Å². The van der Waals surface area contributed by atoms with Crippen LogP contribution in [0.5, 0.6) is 0 Å². The van der Waals surface area contributed by atoms with E-state index in [0.717, 1.165) is 19.5 Å². The Morgan fingerprint density at radius 3 is 2.85 bits per heavy atom. The molecule has 0 amide bonds. The summed E-state index contributed by atoms with van der Waals surface area (Å²) >= 11 is 0. The molecule has 1 aliphatic heterocycles. The molecule has 0 bridgehead atoms. The van der Waals surface area contributed by atoms with E-state index in [9.17, 15) is 4.79 Å². The van der Waals surface area contributed by atoms with Crippen molar-refractivity contribution in [3.05, 3.63) is 0 Å². The molecule has 0 aromatic rings. The molecule has 0 spiro atoms. The first kappa shape index (κ1) is 9.91. The number of carbonyl (C=O) groups is 1. The maximum Gasteiger partial charge on any atom is 0.303 e. The molecule has 1 rings (SSSR count). The number of rotatable bonds is 6. The van der Waals surface area contributed by atoms with Crippen LogP contribution in [0, 0.1) is 0 Å². The molecule has 1 saturated heterocycles. The minimum absolute atomic E-state index is 0.128. The molecule has 0 atom stereocenters. The Hall–Kier alpha value is -1.17. The predicted molar refractivity (Wildman–Crippen MR) is 43.9 cm³/mol. The molecule has 6 nitrogen and oxygen atoms in total. The molecule has 6 heteroatoms. The molecule has 0 aromatic heterocycles. The fourth-order valence-electron chi connectivity index (χ4n) is 0.788. The quantitative estimate of drug-likeness (QED) is 0.380. The van der Waals surface area contributed by atoms with Crippen LogP contribution in [0.3, 0.4) is 0 Å². The fourth-order valence-corrected chi connectivity index (χ4v) is 0.788. The number of hydroxylamine groups is 2. The fraction of sp³-hybridized carbons (Fsp3) is 0.857. The number of hydrogen-bond donors (Lipinski definition) is 1. The predicted octanol–water partition coefficient (Wildman–Crippen LogP) is 0.856. The SMILES string of the molecule is O=C(O)CCCN=NON1CCC1. The smallest absolute Gasteiger partial charge is 0.303 e. The Kier molecular flexibility index (Phi) is 4.17. The van der Waals surface area contributed by atoms with Crippen LogP contribution < -0.4 is 0 Å². The monoisotopic (exact) mass is 187 g/mol. The van der Waals surface area contributed by atoms with Gasteiger partial charge in [-0.15, -0.1) is 5.06 Å². The van der Waals surface area contributed by atoms with Crippen LogP contribution in [0.1, 0.15) is 19.3 Å². The summed E-state index contributed by atoms with van der Waals surface area (Å²) in [6.45, 7) is 2.20. The van der Waals surface area contributed by atoms with E-state index in [2.05, 4.69) is 10.4 Å². The first-order valence-corrected chi connectivity index (χ1v) is 4.30. The minimum atomic E-state index is -0.807. The lowest BCUT2D eigenvalue weighted by Gasteiger charge is -2.24. The summed E-state index contributed by atoms with van der Waals surface area (Å²) in [5.41, 5.74) is 0. The lowest BCUT2D eigenvalue weighted by molar-refractivity contribution is -0.204. The molecule has 0 saturated carbocycles. The molecule has 1 aliphatic rings. The van der Waals surface area contributed by atoms with Crippen molar-refractivity contribution in [2.24, 2.45) is 10.4 Å². The van der Waals surface area contributed by atoms with Crippen LogP contribution >= 0.6 is 0 Å². The molecule has 1 N–H and O–H groups in total. The highest BCUT2D eigenvalue weighted by Crippen LogP contribution is 2.05. The van der Waals surface area contributed by atoms with E-state index >= 15 is 0 Å². The lowest BCUT2D eigenvalue weighted by Crippen LogP contribution is -2.35. The molecule has 0 unspecified atom stereocenters. The Morgan fingerprint density at radius 2 is 2.31 bits per heavy atom. The summed E-state index contributed by atoms with van der Waals surface area (Å²) in [6, 6.07) is 0. The van der Waals surface area contributed by atoms with Gasteiger partial charge in [0.1, 0.15) is 0 Å². The molecular formula is C7H13N3O3. The van der Waals surface area contributed by atoms with Crippen LogP contribution in [0.4, 0.5) is 0 Å². The Bertz CT molecular complexity index is 191. The molecule has 0 aliphatic carbocycles. The van der Waals surface area contributed by atoms with Gasteiger partial charge in [0.05, 0.1) is 6.54 Å². The van der Waals surface area contributed by atoms with Crippen molar-refractivity contribution in [1.82, 2.24) is 5.06 Å². The van der Waals surface area contributed by atoms with Gasteiger partial charge in [-0.25, -0.2) is 0 Å². The topological polar surface area (TPSA) is 74.5 Å². The summed E-state index contributed by atoms with van der Waals surface area (Å²) < 4.78 is 0. The number of nitrogens with zero attached hydrogens (tertiary/aromatic N) is 3. The van der Waals surface area contributed by atoms with Crippen molar-refractivity contribution in [2.75, 3.05) is 19.6 Å². The van der Waals surface area contributed by atoms with Crippen molar-refractivity contribution in [1.29, 1.82) is 0 Å². The first-order valence-electron chi connectivity index (χ1n) is 4.30. The second kappa shape index (κ2) is 5.47. The van der Waals surface area contributed by atoms with Crippen LogP contribution in [-0.2, 0) is 9.73 Å². The van der Waals surface area contributed by atoms with Crippen molar-refractivity contribution in [2.45, 2.75) is 19.3 Å². The van der Waals surface area contributed by atoms with Gasteiger partial charge in [0.2, 0.25) is 0 Å². The first-order chi connectivity index (χ1) is 6.29. The molecule has 1 fully saturated rings. The van der Waals surface area contributed by atoms with Gasteiger partial charge in [0, 0.05) is 24.8 Å². The Morgan fingerprint density at radius 1 is 1.54 bits per heavy atom. The molecule has 13 heavy (non-hydrogen) atoms. The van der Waals surface area contributed by atoms with Crippen LogP contribution in [0.15, 0.2) is 10.4 Å². The van der Waals surface area contributed by atoms with Crippen molar-refractivity contribution in [3.8, 4) is 0 Å². The summed E-state index contributed by atoms with van der Waals surface area (Å²) in [7, 11) is 0. The van der Waals surface area contributed by atoms with Gasteiger partial charge in [-0.05, 0) is 12.8 Å². The largest absolute Gasteiger partial charge is 0.481 e. The highest BCUT2D eigenvalue weighted by Gasteiger charge is 2.14. The molecule has 74 valence electrons. The van der Waals surface area contributed by atoms with Gasteiger partial charge in [0.25, 0.3) is 0 Å². The van der Waals surface area contributed by atoms with E-state index in [1.54, 1.807) is 5.06 Å². The summed E-state index contributed by atoms with van der Waals surface area (Å²) in [5, 5.41) is 17.1. The highest BCUT2D eigenvalue weighted by molar-refractivity contribution is 5.66. The summed E-state index contributed by atoms with van der Waals surface area (Å²) in [4.78, 5) is 14.9. The summed E-state index contributed by atoms with van der Waals surface area (Å²) in [5.74, 6) is -0.807. The van der Waals surface area contributed by atoms with Gasteiger partial charge in [-0.2, -0.15) is 5.11 Å². The van der Waals surface area contributed by atoms with E-state index in [-0.39, 0.29) is 6.42 Å². The average molecular weight is 187 g/mol. The number of carboxylic acids is 1. The number of carboxylic acid groups (broad SMARTS) is 1. The van der Waals surface area contributed by atoms with E-state index < -0.39 is 5.97 Å². The highest BCUT2D eigenvalue weighted by atomic mass is 16.8. The lowest BCUT2D eigenvalue weighted by atomic mass is 10.3. The van der Waals surface area contributed by atoms with Crippen molar-refractivity contribution in [3.63, 3.8) is 0 Å². The average Bonchev–Trinajstić information content (AvgIpc) is 1.99. The maximum absolute atomic E-state index is 10.1. The van der Waals surface area contributed by atoms with Gasteiger partial charge in [0.15, 0.2) is 0 Å². The van der Waals surface area contributed by atoms with Gasteiger partial charge >= 0.3 is 5.97 Å². The van der Waals surface area contributed by atoms with E-state index in [1.165, 1.54) is 0 Å². The van der Waals surface area contributed by atoms with Gasteiger partial charge in [-0.1, -0.05) is 0 Å². The standard InChI is InChI=1S/C7H13N3O3/c11-7(12)3-1-4-8-9-13-10-5-2-6-10/h1-6H2,(H,11,12). The van der Waals surface area contributed by atoms with E-state index in [0.29, 0.717) is 13.0 Å². The molecule has 0 aromatic carbocycles. The zero-order valence-electron chi connectivity index (χ0n) is 7.35. The molecule has 0 radical (unpaired) electrons. The molecule has 1 heterocycles. The van der Waals surface area contributed by atoms with Crippen molar-refractivity contribution >= 4 is 5.97 Å². The van der Waals surface area contributed by atoms with E-state index in [1.807, 2.05) is 0 Å². The van der Waals surface area contributed by atoms with Gasteiger partial charge in [-0.3, -0.25) is 9.73 Å². The van der Waals surface area contributed by atoms with Crippen molar-refractivity contribution < 1.29 is 14.8 Å². The van der Waals surface area contributed by atoms with E-state index in [4.69, 9.17) is 10.0 Å². The number of hydrogen-bond acceptors (Lipinski definition) is 5. The van der Waals surface area contributed by atoms with Crippen LogP contribution in [-0.4, -0.2) is 35.8 Å².